The van der Waals surface area contributed by atoms with Crippen LogP contribution in [0.4, 0.5) is 4.39 Å². The second-order valence-corrected chi connectivity index (χ2v) is 7.98. The van der Waals surface area contributed by atoms with Gasteiger partial charge in [0, 0.05) is 19.6 Å². The molecule has 1 unspecified atom stereocenters. The molecule has 2 N–H and O–H groups in total. The topological polar surface area (TPSA) is 52.9 Å². The molecule has 1 saturated heterocycles. The summed E-state index contributed by atoms with van der Waals surface area (Å²) >= 11 is 0. The molecule has 144 valence electrons. The molecule has 1 aliphatic heterocycles. The monoisotopic (exact) mass is 371 g/mol. The van der Waals surface area contributed by atoms with Crippen LogP contribution in [0.15, 0.2) is 48.5 Å². The summed E-state index contributed by atoms with van der Waals surface area (Å²) in [5, 5.41) is 21.6. The molecule has 0 bridgehead atoms. The van der Waals surface area contributed by atoms with Gasteiger partial charge in [-0.05, 0) is 60.1 Å². The van der Waals surface area contributed by atoms with Crippen LogP contribution in [-0.4, -0.2) is 41.9 Å². The third-order valence-corrected chi connectivity index (χ3v) is 6.12. The Balaban J connectivity index is 1.39. The van der Waals surface area contributed by atoms with E-state index in [1.54, 1.807) is 19.2 Å². The predicted octanol–water partition coefficient (Wildman–Crippen LogP) is 3.10. The summed E-state index contributed by atoms with van der Waals surface area (Å²) in [6, 6.07) is 13.9. The van der Waals surface area contributed by atoms with Gasteiger partial charge in [-0.3, -0.25) is 4.90 Å². The number of methoxy groups -OCH3 is 1. The number of ether oxygens (including phenoxy) is 1. The largest absolute Gasteiger partial charge is 0.497 e. The lowest BCUT2D eigenvalue weighted by molar-refractivity contribution is 0.0286. The van der Waals surface area contributed by atoms with Crippen molar-refractivity contribution in [3.63, 3.8) is 0 Å². The molecule has 1 heterocycles. The van der Waals surface area contributed by atoms with Crippen LogP contribution < -0.4 is 4.74 Å². The minimum Gasteiger partial charge on any atom is -0.497 e. The van der Waals surface area contributed by atoms with E-state index in [0.717, 1.165) is 37.2 Å². The number of aliphatic hydroxyl groups is 2. The Kier molecular flexibility index (Phi) is 4.93. The summed E-state index contributed by atoms with van der Waals surface area (Å²) in [5.41, 5.74) is 0.722. The molecule has 1 saturated carbocycles. The third-order valence-electron chi connectivity index (χ3n) is 6.12. The van der Waals surface area contributed by atoms with Gasteiger partial charge in [-0.25, -0.2) is 4.39 Å². The summed E-state index contributed by atoms with van der Waals surface area (Å²) in [4.78, 5) is 2.23. The first-order chi connectivity index (χ1) is 13.0. The quantitative estimate of drug-likeness (QED) is 0.848. The number of nitrogens with zero attached hydrogens (tertiary/aromatic N) is 1. The number of likely N-dealkylation sites (tertiary alicyclic amines) is 1. The first kappa shape index (κ1) is 18.4. The van der Waals surface area contributed by atoms with Crippen molar-refractivity contribution in [2.75, 3.05) is 26.7 Å². The van der Waals surface area contributed by atoms with Crippen molar-refractivity contribution in [3.8, 4) is 5.75 Å². The molecule has 2 aromatic rings. The number of hydrogen-bond donors (Lipinski definition) is 2. The highest BCUT2D eigenvalue weighted by atomic mass is 19.1. The van der Waals surface area contributed by atoms with Crippen LogP contribution in [-0.2, 0) is 5.60 Å². The molecule has 4 atom stereocenters. The van der Waals surface area contributed by atoms with E-state index >= 15 is 0 Å². The van der Waals surface area contributed by atoms with Crippen molar-refractivity contribution in [1.29, 1.82) is 0 Å². The number of benzene rings is 2. The molecule has 2 fully saturated rings. The molecule has 27 heavy (non-hydrogen) atoms. The fourth-order valence-electron chi connectivity index (χ4n) is 4.81. The smallest absolute Gasteiger partial charge is 0.123 e. The Hall–Kier alpha value is -1.95. The summed E-state index contributed by atoms with van der Waals surface area (Å²) in [6.45, 7) is 2.20. The van der Waals surface area contributed by atoms with Crippen molar-refractivity contribution in [2.24, 2.45) is 11.8 Å². The molecule has 0 aromatic heterocycles. The molecule has 2 aliphatic rings. The van der Waals surface area contributed by atoms with Crippen LogP contribution >= 0.6 is 0 Å². The average Bonchev–Trinajstić information content (AvgIpc) is 3.16. The summed E-state index contributed by atoms with van der Waals surface area (Å²) in [6.07, 6.45) is 0.742. The van der Waals surface area contributed by atoms with Gasteiger partial charge in [0.2, 0.25) is 0 Å². The van der Waals surface area contributed by atoms with Crippen LogP contribution in [0.5, 0.6) is 5.75 Å². The Bertz CT molecular complexity index is 798. The van der Waals surface area contributed by atoms with Crippen molar-refractivity contribution in [3.05, 3.63) is 65.5 Å². The van der Waals surface area contributed by atoms with Gasteiger partial charge >= 0.3 is 0 Å². The van der Waals surface area contributed by atoms with Gasteiger partial charge in [0.25, 0.3) is 0 Å². The lowest BCUT2D eigenvalue weighted by atomic mass is 9.90. The van der Waals surface area contributed by atoms with Gasteiger partial charge in [-0.15, -0.1) is 0 Å². The molecule has 4 rings (SSSR count). The number of aliphatic hydroxyl groups excluding tert-OH is 1. The highest BCUT2D eigenvalue weighted by molar-refractivity contribution is 5.33. The van der Waals surface area contributed by atoms with Crippen molar-refractivity contribution in [2.45, 2.75) is 24.5 Å². The SMILES string of the molecule is COc1cccc([C@]2(O)C[C@H]3CN(CC(O)c4cccc(F)c4)C[C@H]3C2)c1. The zero-order valence-corrected chi connectivity index (χ0v) is 15.5. The summed E-state index contributed by atoms with van der Waals surface area (Å²) < 4.78 is 18.7. The van der Waals surface area contributed by atoms with Gasteiger partial charge in [0.1, 0.15) is 11.6 Å². The molecule has 4 nitrogen and oxygen atoms in total. The summed E-state index contributed by atoms with van der Waals surface area (Å²) in [7, 11) is 1.63. The van der Waals surface area contributed by atoms with Crippen LogP contribution in [0.3, 0.4) is 0 Å². The lowest BCUT2D eigenvalue weighted by Gasteiger charge is -2.27. The van der Waals surface area contributed by atoms with Gasteiger partial charge in [0.05, 0.1) is 18.8 Å². The van der Waals surface area contributed by atoms with E-state index in [4.69, 9.17) is 4.74 Å². The molecule has 0 radical (unpaired) electrons. The zero-order chi connectivity index (χ0) is 19.0. The normalized spacial score (nSPS) is 28.9. The second-order valence-electron chi connectivity index (χ2n) is 7.98. The van der Waals surface area contributed by atoms with Gasteiger partial charge in [-0.2, -0.15) is 0 Å². The fourth-order valence-corrected chi connectivity index (χ4v) is 4.81. The minimum atomic E-state index is -0.808. The van der Waals surface area contributed by atoms with E-state index in [-0.39, 0.29) is 5.82 Å². The maximum absolute atomic E-state index is 13.4. The molecule has 0 spiro atoms. The standard InChI is InChI=1S/C22H26FNO3/c1-27-20-7-3-5-18(9-20)22(26)10-16-12-24(13-17(16)11-22)14-21(25)15-4-2-6-19(23)8-15/h2-9,16-17,21,25-26H,10-14H2,1H3/t16-,17+,21?,22-. The lowest BCUT2D eigenvalue weighted by Crippen LogP contribution is -2.31. The minimum absolute atomic E-state index is 0.326. The van der Waals surface area contributed by atoms with Crippen molar-refractivity contribution in [1.82, 2.24) is 4.90 Å². The molecular formula is C22H26FNO3. The number of halogens is 1. The van der Waals surface area contributed by atoms with E-state index in [1.807, 2.05) is 24.3 Å². The van der Waals surface area contributed by atoms with Gasteiger partial charge < -0.3 is 14.9 Å². The first-order valence-corrected chi connectivity index (χ1v) is 9.49. The maximum atomic E-state index is 13.4. The Morgan fingerprint density at radius 3 is 2.52 bits per heavy atom. The summed E-state index contributed by atoms with van der Waals surface area (Å²) in [5.74, 6) is 1.24. The van der Waals surface area contributed by atoms with Gasteiger partial charge in [-0.1, -0.05) is 24.3 Å². The third kappa shape index (κ3) is 3.72. The van der Waals surface area contributed by atoms with Crippen LogP contribution in [0, 0.1) is 17.7 Å². The van der Waals surface area contributed by atoms with Crippen LogP contribution in [0.2, 0.25) is 0 Å². The molecule has 2 aromatic carbocycles. The van der Waals surface area contributed by atoms with Crippen LogP contribution in [0.1, 0.15) is 30.1 Å². The van der Waals surface area contributed by atoms with E-state index < -0.39 is 11.7 Å². The molecule has 5 heteroatoms. The number of fused-ring (bicyclic) bond motifs is 1. The maximum Gasteiger partial charge on any atom is 0.123 e. The highest BCUT2D eigenvalue weighted by Gasteiger charge is 2.49. The Morgan fingerprint density at radius 2 is 1.85 bits per heavy atom. The number of rotatable bonds is 5. The Morgan fingerprint density at radius 1 is 1.15 bits per heavy atom. The van der Waals surface area contributed by atoms with E-state index in [1.165, 1.54) is 12.1 Å². The Labute approximate surface area is 159 Å². The first-order valence-electron chi connectivity index (χ1n) is 9.49. The number of hydrogen-bond acceptors (Lipinski definition) is 4. The number of β-amino-alcohol motifs (C(OH)–C–C–N with tert-alkyl or cyclic N) is 1. The predicted molar refractivity (Wildman–Crippen MR) is 101 cm³/mol. The zero-order valence-electron chi connectivity index (χ0n) is 15.5. The molecule has 0 amide bonds. The average molecular weight is 371 g/mol. The van der Waals surface area contributed by atoms with E-state index in [0.29, 0.717) is 23.9 Å². The van der Waals surface area contributed by atoms with Crippen molar-refractivity contribution < 1.29 is 19.3 Å². The molecule has 1 aliphatic carbocycles. The highest BCUT2D eigenvalue weighted by Crippen LogP contribution is 2.49. The molecular weight excluding hydrogens is 345 g/mol. The van der Waals surface area contributed by atoms with Gasteiger partial charge in [0.15, 0.2) is 0 Å². The second kappa shape index (κ2) is 7.23. The van der Waals surface area contributed by atoms with E-state index in [9.17, 15) is 14.6 Å². The fraction of sp³-hybridized carbons (Fsp3) is 0.455. The van der Waals surface area contributed by atoms with E-state index in [2.05, 4.69) is 4.90 Å². The van der Waals surface area contributed by atoms with Crippen LogP contribution in [0.25, 0.3) is 0 Å². The van der Waals surface area contributed by atoms with Crippen molar-refractivity contribution >= 4 is 0 Å².